The molecule has 0 heterocycles. The molecule has 0 aromatic heterocycles. The number of carbonyl (C=O) groups is 2. The van der Waals surface area contributed by atoms with Crippen molar-refractivity contribution in [1.29, 1.82) is 0 Å². The number of rotatable bonds is 5. The summed E-state index contributed by atoms with van der Waals surface area (Å²) in [6.07, 6.45) is 3.02. The maximum atomic E-state index is 11.7. The maximum Gasteiger partial charge on any atom is 0.276 e. The zero-order chi connectivity index (χ0) is 18.2. The van der Waals surface area contributed by atoms with Crippen LogP contribution in [0, 0.1) is 13.8 Å². The first kappa shape index (κ1) is 18.7. The Kier molecular flexibility index (Phi) is 6.77. The minimum absolute atomic E-state index is 0.191. The molecule has 2 aromatic rings. The zero-order valence-corrected chi connectivity index (χ0v) is 15.6. The minimum Gasteiger partial charge on any atom is -0.484 e. The second kappa shape index (κ2) is 9.03. The standard InChI is InChI=1S/C19H19BrN2O3/c1-13-3-5-15(6-4-13)7-10-18(23)21-22-19(24)12-25-16-8-9-17(20)14(2)11-16/h3-11H,12H2,1-2H3,(H,21,23)(H,22,24)/b10-7+. The van der Waals surface area contributed by atoms with E-state index < -0.39 is 11.8 Å². The number of amides is 2. The topological polar surface area (TPSA) is 67.4 Å². The number of aryl methyl sites for hydroxylation is 2. The third-order valence-electron chi connectivity index (χ3n) is 3.33. The van der Waals surface area contributed by atoms with Crippen LogP contribution >= 0.6 is 15.9 Å². The number of hydrazine groups is 1. The normalized spacial score (nSPS) is 10.5. The molecule has 6 heteroatoms. The molecule has 25 heavy (non-hydrogen) atoms. The third-order valence-corrected chi connectivity index (χ3v) is 4.22. The van der Waals surface area contributed by atoms with Crippen LogP contribution in [0.25, 0.3) is 6.08 Å². The van der Waals surface area contributed by atoms with Gasteiger partial charge in [0, 0.05) is 10.5 Å². The van der Waals surface area contributed by atoms with Crippen LogP contribution in [0.4, 0.5) is 0 Å². The van der Waals surface area contributed by atoms with Crippen molar-refractivity contribution in [2.75, 3.05) is 6.61 Å². The van der Waals surface area contributed by atoms with E-state index >= 15 is 0 Å². The first-order valence-electron chi connectivity index (χ1n) is 7.66. The molecule has 0 bridgehead atoms. The van der Waals surface area contributed by atoms with Gasteiger partial charge in [-0.25, -0.2) is 0 Å². The molecule has 0 unspecified atom stereocenters. The Bertz CT molecular complexity index is 786. The Labute approximate surface area is 155 Å². The third kappa shape index (κ3) is 6.43. The molecule has 0 atom stereocenters. The summed E-state index contributed by atoms with van der Waals surface area (Å²) in [5.41, 5.74) is 7.67. The maximum absolute atomic E-state index is 11.7. The van der Waals surface area contributed by atoms with Gasteiger partial charge in [-0.15, -0.1) is 0 Å². The van der Waals surface area contributed by atoms with Gasteiger partial charge in [0.25, 0.3) is 11.8 Å². The van der Waals surface area contributed by atoms with Crippen LogP contribution in [0.5, 0.6) is 5.75 Å². The predicted octanol–water partition coefficient (Wildman–Crippen LogP) is 3.31. The Balaban J connectivity index is 1.74. The SMILES string of the molecule is Cc1ccc(/C=C/C(=O)NNC(=O)COc2ccc(Br)c(C)c2)cc1. The fourth-order valence-corrected chi connectivity index (χ4v) is 2.16. The summed E-state index contributed by atoms with van der Waals surface area (Å²) >= 11 is 3.40. The highest BCUT2D eigenvalue weighted by atomic mass is 79.9. The molecular weight excluding hydrogens is 384 g/mol. The van der Waals surface area contributed by atoms with Gasteiger partial charge in [0.05, 0.1) is 0 Å². The fraction of sp³-hybridized carbons (Fsp3) is 0.158. The summed E-state index contributed by atoms with van der Waals surface area (Å²) in [4.78, 5) is 23.4. The van der Waals surface area contributed by atoms with Crippen LogP contribution in [-0.4, -0.2) is 18.4 Å². The monoisotopic (exact) mass is 402 g/mol. The molecule has 0 fully saturated rings. The van der Waals surface area contributed by atoms with E-state index in [1.54, 1.807) is 12.1 Å². The molecule has 130 valence electrons. The van der Waals surface area contributed by atoms with Crippen molar-refractivity contribution < 1.29 is 14.3 Å². The first-order valence-corrected chi connectivity index (χ1v) is 8.46. The molecular formula is C19H19BrN2O3. The molecule has 2 N–H and O–H groups in total. The van der Waals surface area contributed by atoms with Gasteiger partial charge in [-0.05, 0) is 49.2 Å². The van der Waals surface area contributed by atoms with Crippen LogP contribution in [0.3, 0.4) is 0 Å². The van der Waals surface area contributed by atoms with E-state index in [9.17, 15) is 9.59 Å². The molecule has 0 saturated heterocycles. The Hall–Kier alpha value is -2.60. The largest absolute Gasteiger partial charge is 0.484 e. The van der Waals surface area contributed by atoms with Crippen LogP contribution in [0.2, 0.25) is 0 Å². The van der Waals surface area contributed by atoms with E-state index in [0.717, 1.165) is 21.2 Å². The lowest BCUT2D eigenvalue weighted by Crippen LogP contribution is -2.43. The molecule has 0 aliphatic rings. The Morgan fingerprint density at radius 3 is 2.48 bits per heavy atom. The second-order valence-electron chi connectivity index (χ2n) is 5.48. The first-order chi connectivity index (χ1) is 11.9. The van der Waals surface area contributed by atoms with Gasteiger partial charge >= 0.3 is 0 Å². The summed E-state index contributed by atoms with van der Waals surface area (Å²) in [6.45, 7) is 3.73. The number of carbonyl (C=O) groups excluding carboxylic acids is 2. The number of halogens is 1. The summed E-state index contributed by atoms with van der Waals surface area (Å²) < 4.78 is 6.34. The van der Waals surface area contributed by atoms with Gasteiger partial charge in [-0.1, -0.05) is 45.8 Å². The highest BCUT2D eigenvalue weighted by Gasteiger charge is 2.05. The lowest BCUT2D eigenvalue weighted by molar-refractivity contribution is -0.128. The van der Waals surface area contributed by atoms with Crippen LogP contribution in [-0.2, 0) is 9.59 Å². The molecule has 0 spiro atoms. The van der Waals surface area contributed by atoms with E-state index in [4.69, 9.17) is 4.74 Å². The molecule has 0 aliphatic carbocycles. The highest BCUT2D eigenvalue weighted by Crippen LogP contribution is 2.21. The molecule has 0 saturated carbocycles. The van der Waals surface area contributed by atoms with Crippen LogP contribution in [0.1, 0.15) is 16.7 Å². The molecule has 5 nitrogen and oxygen atoms in total. The average molecular weight is 403 g/mol. The molecule has 2 amide bonds. The highest BCUT2D eigenvalue weighted by molar-refractivity contribution is 9.10. The van der Waals surface area contributed by atoms with Gasteiger partial charge in [-0.2, -0.15) is 0 Å². The van der Waals surface area contributed by atoms with Crippen molar-refractivity contribution in [3.05, 3.63) is 69.7 Å². The second-order valence-corrected chi connectivity index (χ2v) is 6.34. The van der Waals surface area contributed by atoms with Gasteiger partial charge in [-0.3, -0.25) is 20.4 Å². The number of nitrogens with one attached hydrogen (secondary N) is 2. The minimum atomic E-state index is -0.447. The smallest absolute Gasteiger partial charge is 0.276 e. The van der Waals surface area contributed by atoms with Crippen molar-refractivity contribution in [3.63, 3.8) is 0 Å². The van der Waals surface area contributed by atoms with E-state index in [0.29, 0.717) is 5.75 Å². The van der Waals surface area contributed by atoms with Crippen molar-refractivity contribution >= 4 is 33.8 Å². The van der Waals surface area contributed by atoms with Crippen LogP contribution < -0.4 is 15.6 Å². The Morgan fingerprint density at radius 2 is 1.80 bits per heavy atom. The number of benzene rings is 2. The van der Waals surface area contributed by atoms with E-state index in [-0.39, 0.29) is 6.61 Å². The van der Waals surface area contributed by atoms with Gasteiger partial charge in [0.15, 0.2) is 6.61 Å². The lowest BCUT2D eigenvalue weighted by Gasteiger charge is -2.08. The van der Waals surface area contributed by atoms with Crippen molar-refractivity contribution in [2.45, 2.75) is 13.8 Å². The van der Waals surface area contributed by atoms with Gasteiger partial charge < -0.3 is 4.74 Å². The molecule has 0 radical (unpaired) electrons. The zero-order valence-electron chi connectivity index (χ0n) is 14.0. The van der Waals surface area contributed by atoms with Gasteiger partial charge in [0.1, 0.15) is 5.75 Å². The quantitative estimate of drug-likeness (QED) is 0.595. The van der Waals surface area contributed by atoms with Crippen molar-refractivity contribution in [1.82, 2.24) is 10.9 Å². The van der Waals surface area contributed by atoms with E-state index in [1.807, 2.05) is 50.2 Å². The summed E-state index contributed by atoms with van der Waals surface area (Å²) in [5.74, 6) is -0.285. The summed E-state index contributed by atoms with van der Waals surface area (Å²) in [5, 5.41) is 0. The summed E-state index contributed by atoms with van der Waals surface area (Å²) in [7, 11) is 0. The Morgan fingerprint density at radius 1 is 1.08 bits per heavy atom. The van der Waals surface area contributed by atoms with Gasteiger partial charge in [0.2, 0.25) is 0 Å². The average Bonchev–Trinajstić information content (AvgIpc) is 2.60. The lowest BCUT2D eigenvalue weighted by atomic mass is 10.1. The number of ether oxygens (including phenoxy) is 1. The predicted molar refractivity (Wildman–Crippen MR) is 101 cm³/mol. The number of hydrogen-bond acceptors (Lipinski definition) is 3. The summed E-state index contributed by atoms with van der Waals surface area (Å²) in [6, 6.07) is 13.2. The number of hydrogen-bond donors (Lipinski definition) is 2. The fourth-order valence-electron chi connectivity index (χ4n) is 1.91. The van der Waals surface area contributed by atoms with Crippen molar-refractivity contribution in [3.8, 4) is 5.75 Å². The molecule has 2 aromatic carbocycles. The van der Waals surface area contributed by atoms with E-state index in [2.05, 4.69) is 26.8 Å². The van der Waals surface area contributed by atoms with E-state index in [1.165, 1.54) is 6.08 Å². The molecule has 2 rings (SSSR count). The van der Waals surface area contributed by atoms with Crippen LogP contribution in [0.15, 0.2) is 53.0 Å². The van der Waals surface area contributed by atoms with Crippen molar-refractivity contribution in [2.24, 2.45) is 0 Å². The molecule has 0 aliphatic heterocycles.